The second-order valence-corrected chi connectivity index (χ2v) is 7.56. The molecule has 3 aromatic carbocycles. The molecule has 4 rings (SSSR count). The lowest BCUT2D eigenvalue weighted by atomic mass is 9.96. The van der Waals surface area contributed by atoms with Crippen LogP contribution in [0.2, 0.25) is 0 Å². The van der Waals surface area contributed by atoms with Crippen molar-refractivity contribution in [3.05, 3.63) is 96.1 Å². The fourth-order valence-corrected chi connectivity index (χ4v) is 3.99. The molecule has 4 nitrogen and oxygen atoms in total. The highest BCUT2D eigenvalue weighted by Gasteiger charge is 2.37. The van der Waals surface area contributed by atoms with Crippen molar-refractivity contribution in [2.24, 2.45) is 0 Å². The number of imide groups is 1. The molecule has 1 saturated heterocycles. The number of benzene rings is 3. The van der Waals surface area contributed by atoms with Gasteiger partial charge in [0, 0.05) is 6.42 Å². The second-order valence-electron chi connectivity index (χ2n) is 7.56. The third-order valence-electron chi connectivity index (χ3n) is 5.48. The molecule has 1 atom stereocenters. The Bertz CT molecular complexity index is 1000. The summed E-state index contributed by atoms with van der Waals surface area (Å²) in [6.07, 6.45) is 1.89. The van der Waals surface area contributed by atoms with Crippen LogP contribution in [0.25, 0.3) is 11.1 Å². The minimum atomic E-state index is -0.523. The van der Waals surface area contributed by atoms with Gasteiger partial charge in [0.25, 0.3) is 0 Å². The van der Waals surface area contributed by atoms with E-state index in [1.807, 2.05) is 60.7 Å². The Labute approximate surface area is 177 Å². The number of aryl methyl sites for hydroxylation is 1. The Hall–Kier alpha value is -3.40. The number of ether oxygens (including phenoxy) is 1. The van der Waals surface area contributed by atoms with Crippen LogP contribution in [-0.2, 0) is 22.4 Å². The van der Waals surface area contributed by atoms with Gasteiger partial charge in [0.2, 0.25) is 5.91 Å². The summed E-state index contributed by atoms with van der Waals surface area (Å²) in [6.45, 7) is 0.260. The van der Waals surface area contributed by atoms with Crippen LogP contribution in [0.4, 0.5) is 4.79 Å². The molecule has 152 valence electrons. The highest BCUT2D eigenvalue weighted by Crippen LogP contribution is 2.25. The van der Waals surface area contributed by atoms with Crippen molar-refractivity contribution in [2.45, 2.75) is 31.7 Å². The molecule has 0 saturated carbocycles. The third-order valence-corrected chi connectivity index (χ3v) is 5.48. The first-order valence-corrected chi connectivity index (χ1v) is 10.4. The molecule has 0 spiro atoms. The van der Waals surface area contributed by atoms with E-state index in [1.54, 1.807) is 0 Å². The number of rotatable bonds is 7. The first kappa shape index (κ1) is 19.9. The van der Waals surface area contributed by atoms with Crippen molar-refractivity contribution >= 4 is 12.0 Å². The van der Waals surface area contributed by atoms with E-state index in [-0.39, 0.29) is 18.6 Å². The molecule has 0 aliphatic carbocycles. The average Bonchev–Trinajstić information content (AvgIpc) is 3.15. The molecule has 2 amide bonds. The zero-order valence-corrected chi connectivity index (χ0v) is 16.9. The van der Waals surface area contributed by atoms with Crippen molar-refractivity contribution in [2.75, 3.05) is 6.61 Å². The maximum Gasteiger partial charge on any atom is 0.416 e. The van der Waals surface area contributed by atoms with Gasteiger partial charge >= 0.3 is 6.09 Å². The van der Waals surface area contributed by atoms with Crippen molar-refractivity contribution in [3.63, 3.8) is 0 Å². The van der Waals surface area contributed by atoms with E-state index >= 15 is 0 Å². The first-order chi connectivity index (χ1) is 14.7. The third kappa shape index (κ3) is 4.60. The van der Waals surface area contributed by atoms with Gasteiger partial charge in [0.1, 0.15) is 6.61 Å². The summed E-state index contributed by atoms with van der Waals surface area (Å²) in [6, 6.07) is 28.2. The van der Waals surface area contributed by atoms with Gasteiger partial charge in [-0.25, -0.2) is 9.69 Å². The van der Waals surface area contributed by atoms with Gasteiger partial charge in [0.15, 0.2) is 0 Å². The van der Waals surface area contributed by atoms with Crippen LogP contribution < -0.4 is 0 Å². The SMILES string of the molecule is O=C(CCCc1ccccc1-c1ccccc1)N1C(=O)OCC1Cc1ccccc1. The number of cyclic esters (lactones) is 1. The number of nitrogens with zero attached hydrogens (tertiary/aromatic N) is 1. The van der Waals surface area contributed by atoms with Crippen LogP contribution in [0.3, 0.4) is 0 Å². The molecule has 0 aromatic heterocycles. The Morgan fingerprint density at radius 1 is 0.900 bits per heavy atom. The maximum absolute atomic E-state index is 12.8. The summed E-state index contributed by atoms with van der Waals surface area (Å²) in [5.41, 5.74) is 4.66. The minimum absolute atomic E-state index is 0.157. The highest BCUT2D eigenvalue weighted by atomic mass is 16.6. The van der Waals surface area contributed by atoms with Crippen LogP contribution >= 0.6 is 0 Å². The van der Waals surface area contributed by atoms with Crippen LogP contribution in [0.15, 0.2) is 84.9 Å². The fourth-order valence-electron chi connectivity index (χ4n) is 3.99. The van der Waals surface area contributed by atoms with E-state index in [1.165, 1.54) is 21.6 Å². The Morgan fingerprint density at radius 3 is 2.33 bits per heavy atom. The average molecular weight is 399 g/mol. The largest absolute Gasteiger partial charge is 0.447 e. The second kappa shape index (κ2) is 9.40. The highest BCUT2D eigenvalue weighted by molar-refractivity contribution is 5.93. The minimum Gasteiger partial charge on any atom is -0.447 e. The lowest BCUT2D eigenvalue weighted by Crippen LogP contribution is -2.40. The lowest BCUT2D eigenvalue weighted by Gasteiger charge is -2.20. The standard InChI is InChI=1S/C26H25NO3/c28-25(27-23(19-30-26(27)29)18-20-10-3-1-4-11-20)17-9-15-22-14-7-8-16-24(22)21-12-5-2-6-13-21/h1-8,10-14,16,23H,9,15,17-19H2. The van der Waals surface area contributed by atoms with Crippen molar-refractivity contribution < 1.29 is 14.3 Å². The van der Waals surface area contributed by atoms with Crippen LogP contribution in [0.1, 0.15) is 24.0 Å². The molecule has 1 aliphatic rings. The molecule has 4 heteroatoms. The number of amides is 2. The van der Waals surface area contributed by atoms with E-state index in [0.29, 0.717) is 19.3 Å². The van der Waals surface area contributed by atoms with Crippen LogP contribution in [0.5, 0.6) is 0 Å². The van der Waals surface area contributed by atoms with E-state index in [4.69, 9.17) is 4.74 Å². The Balaban J connectivity index is 1.38. The molecule has 0 bridgehead atoms. The van der Waals surface area contributed by atoms with Gasteiger partial charge in [-0.3, -0.25) is 4.79 Å². The lowest BCUT2D eigenvalue weighted by molar-refractivity contribution is -0.129. The van der Waals surface area contributed by atoms with Gasteiger partial charge in [0.05, 0.1) is 6.04 Å². The van der Waals surface area contributed by atoms with Crippen LogP contribution in [0, 0.1) is 0 Å². The van der Waals surface area contributed by atoms with Crippen molar-refractivity contribution in [1.82, 2.24) is 4.90 Å². The maximum atomic E-state index is 12.8. The van der Waals surface area contributed by atoms with Crippen LogP contribution in [-0.4, -0.2) is 29.5 Å². The number of carbonyl (C=O) groups is 2. The molecule has 3 aromatic rings. The van der Waals surface area contributed by atoms with Crippen molar-refractivity contribution in [3.8, 4) is 11.1 Å². The topological polar surface area (TPSA) is 46.6 Å². The quantitative estimate of drug-likeness (QED) is 0.544. The predicted molar refractivity (Wildman–Crippen MR) is 117 cm³/mol. The normalized spacial score (nSPS) is 15.8. The molecule has 1 fully saturated rings. The fraction of sp³-hybridized carbons (Fsp3) is 0.231. The zero-order valence-electron chi connectivity index (χ0n) is 16.9. The molecule has 1 unspecified atom stereocenters. The van der Waals surface area contributed by atoms with Gasteiger partial charge in [-0.05, 0) is 41.5 Å². The summed E-state index contributed by atoms with van der Waals surface area (Å²) < 4.78 is 5.18. The summed E-state index contributed by atoms with van der Waals surface area (Å²) in [5.74, 6) is -0.157. The molecule has 0 radical (unpaired) electrons. The number of hydrogen-bond acceptors (Lipinski definition) is 3. The number of hydrogen-bond donors (Lipinski definition) is 0. The van der Waals surface area contributed by atoms with E-state index < -0.39 is 6.09 Å². The smallest absolute Gasteiger partial charge is 0.416 e. The molecule has 1 aliphatic heterocycles. The predicted octanol–water partition coefficient (Wildman–Crippen LogP) is 5.27. The first-order valence-electron chi connectivity index (χ1n) is 10.4. The molecule has 1 heterocycles. The summed E-state index contributed by atoms with van der Waals surface area (Å²) in [4.78, 5) is 26.3. The van der Waals surface area contributed by atoms with Gasteiger partial charge in [-0.2, -0.15) is 0 Å². The summed E-state index contributed by atoms with van der Waals surface area (Å²) in [5, 5.41) is 0. The molecular formula is C26H25NO3. The summed E-state index contributed by atoms with van der Waals surface area (Å²) >= 11 is 0. The Morgan fingerprint density at radius 2 is 1.57 bits per heavy atom. The van der Waals surface area contributed by atoms with E-state index in [0.717, 1.165) is 12.0 Å². The molecule has 30 heavy (non-hydrogen) atoms. The van der Waals surface area contributed by atoms with Gasteiger partial charge in [-0.1, -0.05) is 84.9 Å². The summed E-state index contributed by atoms with van der Waals surface area (Å²) in [7, 11) is 0. The van der Waals surface area contributed by atoms with Crippen molar-refractivity contribution in [1.29, 1.82) is 0 Å². The molecular weight excluding hydrogens is 374 g/mol. The van der Waals surface area contributed by atoms with Gasteiger partial charge < -0.3 is 4.74 Å². The monoisotopic (exact) mass is 399 g/mol. The zero-order chi connectivity index (χ0) is 20.8. The van der Waals surface area contributed by atoms with Gasteiger partial charge in [-0.15, -0.1) is 0 Å². The number of carbonyl (C=O) groups excluding carboxylic acids is 2. The molecule has 0 N–H and O–H groups in total. The van der Waals surface area contributed by atoms with E-state index in [2.05, 4.69) is 24.3 Å². The Kier molecular flexibility index (Phi) is 6.23. The van der Waals surface area contributed by atoms with E-state index in [9.17, 15) is 9.59 Å².